The number of alkyl halides is 3. The Morgan fingerprint density at radius 3 is 2.18 bits per heavy atom. The number of ether oxygens (including phenoxy) is 1. The van der Waals surface area contributed by atoms with E-state index in [1.807, 2.05) is 0 Å². The first kappa shape index (κ1) is 33.2. The average molecular weight is 649 g/mol. The van der Waals surface area contributed by atoms with Gasteiger partial charge in [0.2, 0.25) is 5.91 Å². The molecule has 0 saturated heterocycles. The van der Waals surface area contributed by atoms with Gasteiger partial charge in [-0.25, -0.2) is 17.6 Å². The van der Waals surface area contributed by atoms with E-state index < -0.39 is 67.6 Å². The molecule has 45 heavy (non-hydrogen) atoms. The van der Waals surface area contributed by atoms with Gasteiger partial charge in [-0.1, -0.05) is 44.2 Å². The van der Waals surface area contributed by atoms with Crippen LogP contribution in [0.15, 0.2) is 77.7 Å². The zero-order valence-corrected chi connectivity index (χ0v) is 24.9. The van der Waals surface area contributed by atoms with E-state index in [0.717, 1.165) is 18.2 Å². The molecule has 3 N–H and O–H groups in total. The first-order valence-electron chi connectivity index (χ1n) is 13.5. The van der Waals surface area contributed by atoms with Crippen LogP contribution >= 0.6 is 0 Å². The number of allylic oxidation sites excluding steroid dienone is 1. The molecule has 4 atom stereocenters. The summed E-state index contributed by atoms with van der Waals surface area (Å²) in [7, 11) is -4.42. The van der Waals surface area contributed by atoms with Gasteiger partial charge in [-0.2, -0.15) is 13.2 Å². The summed E-state index contributed by atoms with van der Waals surface area (Å²) in [6.07, 6.45) is 3.53. The molecule has 0 unspecified atom stereocenters. The molecule has 0 bridgehead atoms. The van der Waals surface area contributed by atoms with Gasteiger partial charge in [0.25, 0.3) is 15.7 Å². The summed E-state index contributed by atoms with van der Waals surface area (Å²) >= 11 is 0. The van der Waals surface area contributed by atoms with Crippen LogP contribution in [0.4, 0.5) is 23.2 Å². The summed E-state index contributed by atoms with van der Waals surface area (Å²) in [6, 6.07) is 10.5. The third kappa shape index (κ3) is 6.85. The van der Waals surface area contributed by atoms with E-state index in [-0.39, 0.29) is 28.1 Å². The smallest absolute Gasteiger partial charge is 0.496 e. The second-order valence-electron chi connectivity index (χ2n) is 10.5. The molecule has 4 rings (SSSR count). The Bertz CT molecular complexity index is 1770. The number of amides is 2. The Morgan fingerprint density at radius 1 is 0.933 bits per heavy atom. The molecule has 0 aromatic heterocycles. The molecular formula is C31H28F4N2O7S. The fourth-order valence-corrected chi connectivity index (χ4v) is 5.92. The lowest BCUT2D eigenvalue weighted by Gasteiger charge is -2.36. The van der Waals surface area contributed by atoms with Crippen LogP contribution in [0.5, 0.6) is 5.75 Å². The van der Waals surface area contributed by atoms with Crippen LogP contribution in [-0.2, 0) is 14.6 Å². The van der Waals surface area contributed by atoms with E-state index in [1.165, 1.54) is 43.5 Å². The predicted octanol–water partition coefficient (Wildman–Crippen LogP) is 5.69. The molecule has 1 aliphatic rings. The lowest BCUT2D eigenvalue weighted by Crippen LogP contribution is -2.52. The van der Waals surface area contributed by atoms with Crippen molar-refractivity contribution in [2.45, 2.75) is 30.3 Å². The SMILES string of the molecule is COc1cc(F)c(-c2ccc(C(=O)O)cc2)cc1C(=O)N[C@@H]1[C@H](C(=O)Nc2cccc(S(=O)(=O)C(F)(F)F)c2)[C@H](C)C=C[C@@H]1C. The van der Waals surface area contributed by atoms with Crippen LogP contribution in [0.1, 0.15) is 34.6 Å². The fourth-order valence-electron chi connectivity index (χ4n) is 5.11. The Balaban J connectivity index is 1.63. The molecular weight excluding hydrogens is 620 g/mol. The number of rotatable bonds is 8. The number of carbonyl (C=O) groups is 3. The number of carboxylic acids is 1. The zero-order valence-electron chi connectivity index (χ0n) is 24.1. The molecule has 0 spiro atoms. The van der Waals surface area contributed by atoms with Crippen molar-refractivity contribution >= 4 is 33.3 Å². The first-order valence-corrected chi connectivity index (χ1v) is 15.0. The summed E-state index contributed by atoms with van der Waals surface area (Å²) in [5.41, 5.74) is -5.53. The summed E-state index contributed by atoms with van der Waals surface area (Å²) in [5, 5.41) is 14.4. The van der Waals surface area contributed by atoms with Crippen molar-refractivity contribution in [3.63, 3.8) is 0 Å². The van der Waals surface area contributed by atoms with Crippen LogP contribution in [-0.4, -0.2) is 50.0 Å². The summed E-state index contributed by atoms with van der Waals surface area (Å²) in [6.45, 7) is 3.44. The van der Waals surface area contributed by atoms with Gasteiger partial charge in [0.15, 0.2) is 0 Å². The summed E-state index contributed by atoms with van der Waals surface area (Å²) < 4.78 is 83.3. The van der Waals surface area contributed by atoms with Gasteiger partial charge in [-0.3, -0.25) is 9.59 Å². The van der Waals surface area contributed by atoms with E-state index in [1.54, 1.807) is 26.0 Å². The first-order chi connectivity index (χ1) is 21.0. The monoisotopic (exact) mass is 648 g/mol. The zero-order chi connectivity index (χ0) is 33.3. The molecule has 9 nitrogen and oxygen atoms in total. The van der Waals surface area contributed by atoms with Gasteiger partial charge in [-0.05, 0) is 53.8 Å². The van der Waals surface area contributed by atoms with Crippen LogP contribution in [0.2, 0.25) is 0 Å². The van der Waals surface area contributed by atoms with Crippen molar-refractivity contribution in [2.24, 2.45) is 17.8 Å². The van der Waals surface area contributed by atoms with Crippen molar-refractivity contribution in [3.05, 3.63) is 89.8 Å². The molecule has 0 aliphatic heterocycles. The number of benzene rings is 3. The topological polar surface area (TPSA) is 139 Å². The van der Waals surface area contributed by atoms with E-state index in [4.69, 9.17) is 9.84 Å². The summed E-state index contributed by atoms with van der Waals surface area (Å²) in [4.78, 5) is 37.3. The largest absolute Gasteiger partial charge is 0.501 e. The molecule has 1 aliphatic carbocycles. The third-order valence-corrected chi connectivity index (χ3v) is 9.02. The van der Waals surface area contributed by atoms with Gasteiger partial charge in [-0.15, -0.1) is 0 Å². The van der Waals surface area contributed by atoms with E-state index in [0.29, 0.717) is 11.6 Å². The Kier molecular flexibility index (Phi) is 9.38. The standard InChI is InChI=1S/C31H28F4N2O7S/c1-16-7-8-17(2)27(26(16)29(39)36-20-5-4-6-21(13-20)45(42,43)31(33,34)35)37-28(38)23-14-22(24(32)15-25(23)44-3)18-9-11-19(12-10-18)30(40)41/h4-17,26-27H,1-3H3,(H,36,39)(H,37,38)(H,40,41)/t16-,17+,26-,27+/m1/s1. The number of nitrogens with one attached hydrogen (secondary N) is 2. The molecule has 0 heterocycles. The second kappa shape index (κ2) is 12.7. The maximum absolute atomic E-state index is 15.0. The molecule has 238 valence electrons. The number of methoxy groups -OCH3 is 1. The highest BCUT2D eigenvalue weighted by Crippen LogP contribution is 2.35. The van der Waals surface area contributed by atoms with Crippen molar-refractivity contribution in [2.75, 3.05) is 12.4 Å². The van der Waals surface area contributed by atoms with Gasteiger partial charge >= 0.3 is 11.5 Å². The minimum atomic E-state index is -5.66. The number of sulfone groups is 1. The molecule has 0 fully saturated rings. The predicted molar refractivity (Wildman–Crippen MR) is 156 cm³/mol. The van der Waals surface area contributed by atoms with Crippen LogP contribution < -0.4 is 15.4 Å². The van der Waals surface area contributed by atoms with Crippen LogP contribution in [0.25, 0.3) is 11.1 Å². The normalized spacial score (nSPS) is 19.9. The van der Waals surface area contributed by atoms with Crippen molar-refractivity contribution in [1.82, 2.24) is 5.32 Å². The number of carbonyl (C=O) groups excluding carboxylic acids is 2. The molecule has 0 saturated carbocycles. The van der Waals surface area contributed by atoms with Gasteiger partial charge in [0, 0.05) is 23.4 Å². The number of halogens is 4. The number of carboxylic acid groups (broad SMARTS) is 1. The molecule has 2 amide bonds. The van der Waals surface area contributed by atoms with Gasteiger partial charge in [0.1, 0.15) is 11.6 Å². The van der Waals surface area contributed by atoms with E-state index >= 15 is 4.39 Å². The highest BCUT2D eigenvalue weighted by atomic mass is 32.2. The highest BCUT2D eigenvalue weighted by Gasteiger charge is 2.47. The van der Waals surface area contributed by atoms with Crippen LogP contribution in [0, 0.1) is 23.6 Å². The minimum absolute atomic E-state index is 0.00849. The van der Waals surface area contributed by atoms with E-state index in [9.17, 15) is 36.0 Å². The number of hydrogen-bond donors (Lipinski definition) is 3. The average Bonchev–Trinajstić information content (AvgIpc) is 2.98. The van der Waals surface area contributed by atoms with Crippen molar-refractivity contribution < 1.29 is 50.2 Å². The maximum atomic E-state index is 15.0. The molecule has 3 aromatic carbocycles. The van der Waals surface area contributed by atoms with Gasteiger partial charge < -0.3 is 20.5 Å². The fraction of sp³-hybridized carbons (Fsp3) is 0.258. The molecule has 3 aromatic rings. The molecule has 14 heteroatoms. The Hall–Kier alpha value is -4.72. The summed E-state index contributed by atoms with van der Waals surface area (Å²) in [5.74, 6) is -5.24. The van der Waals surface area contributed by atoms with Crippen LogP contribution in [0.3, 0.4) is 0 Å². The Morgan fingerprint density at radius 2 is 1.58 bits per heavy atom. The maximum Gasteiger partial charge on any atom is 0.501 e. The Labute approximate surface area is 255 Å². The number of aromatic carboxylic acids is 1. The molecule has 0 radical (unpaired) electrons. The minimum Gasteiger partial charge on any atom is -0.496 e. The van der Waals surface area contributed by atoms with E-state index in [2.05, 4.69) is 10.6 Å². The second-order valence-corrected chi connectivity index (χ2v) is 12.5. The lowest BCUT2D eigenvalue weighted by molar-refractivity contribution is -0.122. The van der Waals surface area contributed by atoms with Gasteiger partial charge in [0.05, 0.1) is 29.1 Å². The van der Waals surface area contributed by atoms with Crippen molar-refractivity contribution in [3.8, 4) is 16.9 Å². The van der Waals surface area contributed by atoms with Crippen molar-refractivity contribution in [1.29, 1.82) is 0 Å². The number of hydrogen-bond acceptors (Lipinski definition) is 6. The quantitative estimate of drug-likeness (QED) is 0.211. The third-order valence-electron chi connectivity index (χ3n) is 7.53. The lowest BCUT2D eigenvalue weighted by atomic mass is 9.75. The highest BCUT2D eigenvalue weighted by molar-refractivity contribution is 7.92. The number of anilines is 1.